The van der Waals surface area contributed by atoms with E-state index in [-0.39, 0.29) is 18.4 Å². The predicted octanol–water partition coefficient (Wildman–Crippen LogP) is 0.573. The Labute approximate surface area is 111 Å². The number of hydrogen-bond donors (Lipinski definition) is 1. The van der Waals surface area contributed by atoms with Crippen molar-refractivity contribution in [3.8, 4) is 0 Å². The summed E-state index contributed by atoms with van der Waals surface area (Å²) in [5, 5.41) is 9.43. The van der Waals surface area contributed by atoms with Gasteiger partial charge in [-0.3, -0.25) is 19.3 Å². The van der Waals surface area contributed by atoms with Crippen LogP contribution in [0, 0.1) is 5.41 Å². The molecule has 2 heterocycles. The summed E-state index contributed by atoms with van der Waals surface area (Å²) in [7, 11) is 0. The van der Waals surface area contributed by atoms with Crippen LogP contribution in [0.1, 0.15) is 26.7 Å². The van der Waals surface area contributed by atoms with Gasteiger partial charge in [-0.1, -0.05) is 0 Å². The van der Waals surface area contributed by atoms with Crippen molar-refractivity contribution in [3.63, 3.8) is 0 Å². The topological polar surface area (TPSA) is 83.9 Å². The first kappa shape index (κ1) is 13.7. The minimum Gasteiger partial charge on any atom is -0.481 e. The molecule has 0 aromatic carbocycles. The maximum Gasteiger partial charge on any atom is 0.311 e. The maximum absolute atomic E-state index is 12.0. The lowest BCUT2D eigenvalue weighted by atomic mass is 9.79. The number of carboxylic acids is 1. The lowest BCUT2D eigenvalue weighted by Crippen LogP contribution is -2.48. The number of ether oxygens (including phenoxy) is 1. The second kappa shape index (κ2) is 4.77. The summed E-state index contributed by atoms with van der Waals surface area (Å²) in [5.74, 6) is -1.73. The molecular weight excluding hydrogens is 250 g/mol. The van der Waals surface area contributed by atoms with E-state index in [0.717, 1.165) is 4.90 Å². The summed E-state index contributed by atoms with van der Waals surface area (Å²) in [6.07, 6.45) is 0.634. The summed E-state index contributed by atoms with van der Waals surface area (Å²) >= 11 is 0. The molecule has 0 radical (unpaired) electrons. The van der Waals surface area contributed by atoms with Crippen LogP contribution in [0.3, 0.4) is 0 Å². The van der Waals surface area contributed by atoms with Gasteiger partial charge in [0.1, 0.15) is 0 Å². The van der Waals surface area contributed by atoms with E-state index >= 15 is 0 Å². The Bertz CT molecular complexity index is 449. The fraction of sp³-hybridized carbons (Fsp3) is 0.615. The highest BCUT2D eigenvalue weighted by Gasteiger charge is 2.46. The Balaban J connectivity index is 2.22. The number of carboxylic acid groups (broad SMARTS) is 1. The number of amides is 2. The molecule has 0 saturated carbocycles. The molecule has 2 aliphatic heterocycles. The molecule has 19 heavy (non-hydrogen) atoms. The van der Waals surface area contributed by atoms with Crippen LogP contribution >= 0.6 is 0 Å². The molecule has 0 aromatic rings. The summed E-state index contributed by atoms with van der Waals surface area (Å²) in [5.41, 5.74) is -0.274. The molecule has 104 valence electrons. The minimum absolute atomic E-state index is 0.0714. The van der Waals surface area contributed by atoms with E-state index in [1.807, 2.05) is 0 Å². The second-order valence-electron chi connectivity index (χ2n) is 5.14. The summed E-state index contributed by atoms with van der Waals surface area (Å²) in [6, 6.07) is 0. The van der Waals surface area contributed by atoms with Crippen molar-refractivity contribution >= 4 is 17.8 Å². The largest absolute Gasteiger partial charge is 0.481 e. The number of carbonyl (C=O) groups is 3. The molecule has 0 spiro atoms. The van der Waals surface area contributed by atoms with E-state index in [9.17, 15) is 19.5 Å². The van der Waals surface area contributed by atoms with Crippen LogP contribution in [0.2, 0.25) is 0 Å². The van der Waals surface area contributed by atoms with Crippen molar-refractivity contribution < 1.29 is 24.2 Å². The number of aliphatic carboxylic acids is 1. The Morgan fingerprint density at radius 3 is 2.11 bits per heavy atom. The Hall–Kier alpha value is -1.69. The van der Waals surface area contributed by atoms with Gasteiger partial charge >= 0.3 is 5.97 Å². The zero-order valence-electron chi connectivity index (χ0n) is 11.1. The highest BCUT2D eigenvalue weighted by atomic mass is 16.5. The van der Waals surface area contributed by atoms with Gasteiger partial charge in [-0.2, -0.15) is 0 Å². The van der Waals surface area contributed by atoms with Gasteiger partial charge < -0.3 is 9.84 Å². The summed E-state index contributed by atoms with van der Waals surface area (Å²) in [6.45, 7) is 3.79. The number of carbonyl (C=O) groups excluding carboxylic acids is 2. The standard InChI is InChI=1S/C13H17NO5/c1-8-9(2)11(16)14(10(8)15)7-13(12(17)18)3-5-19-6-4-13/h3-7H2,1-2H3,(H,17,18). The Kier molecular flexibility index (Phi) is 3.45. The van der Waals surface area contributed by atoms with Gasteiger partial charge in [0.25, 0.3) is 11.8 Å². The molecule has 0 bridgehead atoms. The van der Waals surface area contributed by atoms with E-state index in [0.29, 0.717) is 37.2 Å². The molecule has 1 N–H and O–H groups in total. The zero-order valence-corrected chi connectivity index (χ0v) is 11.1. The van der Waals surface area contributed by atoms with E-state index in [1.165, 1.54) is 0 Å². The molecule has 6 heteroatoms. The second-order valence-corrected chi connectivity index (χ2v) is 5.14. The first-order valence-electron chi connectivity index (χ1n) is 6.24. The SMILES string of the molecule is CC1=C(C)C(=O)N(CC2(C(=O)O)CCOCC2)C1=O. The van der Waals surface area contributed by atoms with Gasteiger partial charge in [-0.05, 0) is 26.7 Å². The highest BCUT2D eigenvalue weighted by Crippen LogP contribution is 2.34. The van der Waals surface area contributed by atoms with Crippen molar-refractivity contribution in [1.29, 1.82) is 0 Å². The number of rotatable bonds is 3. The zero-order chi connectivity index (χ0) is 14.2. The predicted molar refractivity (Wildman–Crippen MR) is 65.2 cm³/mol. The number of hydrogen-bond acceptors (Lipinski definition) is 4. The van der Waals surface area contributed by atoms with E-state index in [4.69, 9.17) is 4.74 Å². The van der Waals surface area contributed by atoms with Crippen molar-refractivity contribution in [3.05, 3.63) is 11.1 Å². The Morgan fingerprint density at radius 1 is 1.21 bits per heavy atom. The molecule has 2 rings (SSSR count). The maximum atomic E-state index is 12.0. The van der Waals surface area contributed by atoms with Crippen molar-refractivity contribution in [2.24, 2.45) is 5.41 Å². The molecule has 0 aromatic heterocycles. The van der Waals surface area contributed by atoms with Crippen LogP contribution in [0.5, 0.6) is 0 Å². The Morgan fingerprint density at radius 2 is 1.68 bits per heavy atom. The molecule has 2 amide bonds. The first-order chi connectivity index (χ1) is 8.89. The molecule has 1 saturated heterocycles. The van der Waals surface area contributed by atoms with Crippen LogP contribution in [0.4, 0.5) is 0 Å². The van der Waals surface area contributed by atoms with Gasteiger partial charge in [0.2, 0.25) is 0 Å². The van der Waals surface area contributed by atoms with Gasteiger partial charge in [0.15, 0.2) is 0 Å². The summed E-state index contributed by atoms with van der Waals surface area (Å²) < 4.78 is 5.17. The minimum atomic E-state index is -1.07. The van der Waals surface area contributed by atoms with Gasteiger partial charge in [-0.15, -0.1) is 0 Å². The van der Waals surface area contributed by atoms with Crippen LogP contribution < -0.4 is 0 Å². The third-order valence-corrected chi connectivity index (χ3v) is 4.06. The first-order valence-corrected chi connectivity index (χ1v) is 6.24. The van der Waals surface area contributed by atoms with Crippen LogP contribution in [-0.4, -0.2) is 47.5 Å². The van der Waals surface area contributed by atoms with Crippen LogP contribution in [-0.2, 0) is 19.1 Å². The van der Waals surface area contributed by atoms with E-state index in [1.54, 1.807) is 13.8 Å². The average molecular weight is 267 g/mol. The molecule has 0 atom stereocenters. The van der Waals surface area contributed by atoms with Gasteiger partial charge in [-0.25, -0.2) is 0 Å². The number of nitrogens with zero attached hydrogens (tertiary/aromatic N) is 1. The fourth-order valence-electron chi connectivity index (χ4n) is 2.47. The lowest BCUT2D eigenvalue weighted by Gasteiger charge is -2.35. The van der Waals surface area contributed by atoms with Crippen molar-refractivity contribution in [1.82, 2.24) is 4.90 Å². The van der Waals surface area contributed by atoms with Crippen LogP contribution in [0.15, 0.2) is 11.1 Å². The normalized spacial score (nSPS) is 23.2. The smallest absolute Gasteiger partial charge is 0.311 e. The molecule has 0 aliphatic carbocycles. The quantitative estimate of drug-likeness (QED) is 0.756. The average Bonchev–Trinajstić information content (AvgIpc) is 2.57. The highest BCUT2D eigenvalue weighted by molar-refractivity contribution is 6.18. The molecule has 6 nitrogen and oxygen atoms in total. The van der Waals surface area contributed by atoms with E-state index < -0.39 is 11.4 Å². The monoisotopic (exact) mass is 267 g/mol. The number of imide groups is 1. The molecule has 2 aliphatic rings. The fourth-order valence-corrected chi connectivity index (χ4v) is 2.47. The van der Waals surface area contributed by atoms with Gasteiger partial charge in [0.05, 0.1) is 5.41 Å². The lowest BCUT2D eigenvalue weighted by molar-refractivity contribution is -0.158. The third-order valence-electron chi connectivity index (χ3n) is 4.06. The van der Waals surface area contributed by atoms with Crippen molar-refractivity contribution in [2.75, 3.05) is 19.8 Å². The molecular formula is C13H17NO5. The third kappa shape index (κ3) is 2.16. The van der Waals surface area contributed by atoms with Crippen LogP contribution in [0.25, 0.3) is 0 Å². The molecule has 0 unspecified atom stereocenters. The van der Waals surface area contributed by atoms with E-state index in [2.05, 4.69) is 0 Å². The van der Waals surface area contributed by atoms with Gasteiger partial charge in [0, 0.05) is 30.9 Å². The van der Waals surface area contributed by atoms with Crippen molar-refractivity contribution in [2.45, 2.75) is 26.7 Å². The molecule has 1 fully saturated rings. The summed E-state index contributed by atoms with van der Waals surface area (Å²) in [4.78, 5) is 36.6.